The molecule has 0 bridgehead atoms. The van der Waals surface area contributed by atoms with Crippen LogP contribution < -0.4 is 0 Å². The zero-order valence-electron chi connectivity index (χ0n) is 11.0. The van der Waals surface area contributed by atoms with E-state index in [4.69, 9.17) is 4.74 Å². The van der Waals surface area contributed by atoms with Gasteiger partial charge in [-0.2, -0.15) is 0 Å². The fourth-order valence-corrected chi connectivity index (χ4v) is 2.25. The molecule has 1 heterocycles. The number of nitrogens with zero attached hydrogens (tertiary/aromatic N) is 3. The van der Waals surface area contributed by atoms with Gasteiger partial charge in [-0.25, -0.2) is 14.5 Å². The first-order valence-corrected chi connectivity index (χ1v) is 6.67. The van der Waals surface area contributed by atoms with Crippen LogP contribution in [0.4, 0.5) is 0 Å². The number of ether oxygens (including phenoxy) is 1. The van der Waals surface area contributed by atoms with Crippen LogP contribution in [-0.2, 0) is 11.8 Å². The van der Waals surface area contributed by atoms with Crippen LogP contribution in [0.1, 0.15) is 23.1 Å². The van der Waals surface area contributed by atoms with Gasteiger partial charge in [-0.1, -0.05) is 15.9 Å². The third kappa shape index (κ3) is 2.84. The zero-order valence-corrected chi connectivity index (χ0v) is 12.6. The standard InChI is InChI=1S/C13H14BrN3O2/c1-4-19-13(18)11-15-12(17(3)16-11)10-6-5-9(14)7-8(10)2/h5-7H,4H2,1-3H3. The average molecular weight is 324 g/mol. The van der Waals surface area contributed by atoms with Gasteiger partial charge in [0, 0.05) is 17.1 Å². The highest BCUT2D eigenvalue weighted by Gasteiger charge is 2.17. The van der Waals surface area contributed by atoms with Gasteiger partial charge in [-0.05, 0) is 37.6 Å². The summed E-state index contributed by atoms with van der Waals surface area (Å²) in [6.45, 7) is 4.04. The molecule has 0 N–H and O–H groups in total. The predicted molar refractivity (Wildman–Crippen MR) is 74.8 cm³/mol. The number of esters is 1. The van der Waals surface area contributed by atoms with Gasteiger partial charge in [0.15, 0.2) is 5.82 Å². The number of halogens is 1. The Morgan fingerprint density at radius 1 is 1.47 bits per heavy atom. The molecule has 0 aliphatic rings. The van der Waals surface area contributed by atoms with Crippen molar-refractivity contribution in [1.29, 1.82) is 0 Å². The van der Waals surface area contributed by atoms with E-state index in [9.17, 15) is 4.79 Å². The first-order chi connectivity index (χ1) is 9.02. The average Bonchev–Trinajstić information content (AvgIpc) is 2.72. The van der Waals surface area contributed by atoms with E-state index >= 15 is 0 Å². The maximum atomic E-state index is 11.6. The monoisotopic (exact) mass is 323 g/mol. The molecule has 19 heavy (non-hydrogen) atoms. The minimum atomic E-state index is -0.501. The molecule has 0 spiro atoms. The molecule has 5 nitrogen and oxygen atoms in total. The summed E-state index contributed by atoms with van der Waals surface area (Å²) in [7, 11) is 1.76. The maximum Gasteiger partial charge on any atom is 0.378 e. The van der Waals surface area contributed by atoms with Gasteiger partial charge >= 0.3 is 5.97 Å². The smallest absolute Gasteiger partial charge is 0.378 e. The van der Waals surface area contributed by atoms with Crippen LogP contribution in [0.2, 0.25) is 0 Å². The van der Waals surface area contributed by atoms with E-state index < -0.39 is 5.97 Å². The lowest BCUT2D eigenvalue weighted by Crippen LogP contribution is -2.07. The van der Waals surface area contributed by atoms with Gasteiger partial charge in [-0.15, -0.1) is 5.10 Å². The van der Waals surface area contributed by atoms with Crippen LogP contribution in [0.5, 0.6) is 0 Å². The van der Waals surface area contributed by atoms with Gasteiger partial charge in [0.05, 0.1) is 6.61 Å². The molecule has 0 aliphatic heterocycles. The Bertz CT molecular complexity index is 622. The summed E-state index contributed by atoms with van der Waals surface area (Å²) in [5.74, 6) is 0.230. The van der Waals surface area contributed by atoms with Gasteiger partial charge in [-0.3, -0.25) is 0 Å². The van der Waals surface area contributed by atoms with E-state index in [1.54, 1.807) is 18.7 Å². The minimum Gasteiger partial charge on any atom is -0.460 e. The molecule has 1 aromatic carbocycles. The van der Waals surface area contributed by atoms with E-state index in [0.717, 1.165) is 15.6 Å². The van der Waals surface area contributed by atoms with E-state index in [1.807, 2.05) is 25.1 Å². The van der Waals surface area contributed by atoms with Crippen LogP contribution in [0, 0.1) is 6.92 Å². The summed E-state index contributed by atoms with van der Waals surface area (Å²) < 4.78 is 7.48. The summed E-state index contributed by atoms with van der Waals surface area (Å²) >= 11 is 3.42. The van der Waals surface area contributed by atoms with E-state index in [0.29, 0.717) is 12.4 Å². The summed E-state index contributed by atoms with van der Waals surface area (Å²) in [5.41, 5.74) is 1.99. The van der Waals surface area contributed by atoms with Crippen molar-refractivity contribution < 1.29 is 9.53 Å². The lowest BCUT2D eigenvalue weighted by Gasteiger charge is -2.04. The maximum absolute atomic E-state index is 11.6. The van der Waals surface area contributed by atoms with Gasteiger partial charge in [0.2, 0.25) is 0 Å². The molecule has 2 aromatic rings. The molecule has 0 radical (unpaired) electrons. The van der Waals surface area contributed by atoms with Gasteiger partial charge in [0.1, 0.15) is 0 Å². The lowest BCUT2D eigenvalue weighted by atomic mass is 10.1. The molecule has 0 saturated heterocycles. The Morgan fingerprint density at radius 3 is 2.84 bits per heavy atom. The van der Waals surface area contributed by atoms with Crippen LogP contribution >= 0.6 is 15.9 Å². The number of benzene rings is 1. The van der Waals surface area contributed by atoms with Crippen LogP contribution in [0.15, 0.2) is 22.7 Å². The molecular formula is C13H14BrN3O2. The van der Waals surface area contributed by atoms with Crippen LogP contribution in [0.3, 0.4) is 0 Å². The third-order valence-electron chi connectivity index (χ3n) is 2.65. The van der Waals surface area contributed by atoms with Crippen molar-refractivity contribution in [2.75, 3.05) is 6.61 Å². The summed E-state index contributed by atoms with van der Waals surface area (Å²) in [6.07, 6.45) is 0. The Hall–Kier alpha value is -1.69. The van der Waals surface area contributed by atoms with Crippen LogP contribution in [0.25, 0.3) is 11.4 Å². The van der Waals surface area contributed by atoms with E-state index in [1.165, 1.54) is 0 Å². The van der Waals surface area contributed by atoms with Gasteiger partial charge in [0.25, 0.3) is 5.82 Å². The Labute approximate surface area is 119 Å². The highest BCUT2D eigenvalue weighted by Crippen LogP contribution is 2.24. The summed E-state index contributed by atoms with van der Waals surface area (Å²) in [6, 6.07) is 5.87. The van der Waals surface area contributed by atoms with Crippen molar-refractivity contribution >= 4 is 21.9 Å². The number of carbonyl (C=O) groups excluding carboxylic acids is 1. The highest BCUT2D eigenvalue weighted by molar-refractivity contribution is 9.10. The Kier molecular flexibility index (Phi) is 3.99. The molecule has 0 unspecified atom stereocenters. The van der Waals surface area contributed by atoms with Gasteiger partial charge < -0.3 is 4.74 Å². The van der Waals surface area contributed by atoms with Crippen LogP contribution in [-0.4, -0.2) is 27.3 Å². The van der Waals surface area contributed by atoms with Crippen molar-refractivity contribution in [1.82, 2.24) is 14.8 Å². The molecule has 1 aromatic heterocycles. The molecule has 2 rings (SSSR count). The normalized spacial score (nSPS) is 10.5. The molecule has 0 fully saturated rings. The first-order valence-electron chi connectivity index (χ1n) is 5.87. The van der Waals surface area contributed by atoms with Crippen molar-refractivity contribution in [3.63, 3.8) is 0 Å². The predicted octanol–water partition coefficient (Wildman–Crippen LogP) is 2.73. The second-order valence-corrected chi connectivity index (χ2v) is 4.98. The van der Waals surface area contributed by atoms with Crippen molar-refractivity contribution in [2.45, 2.75) is 13.8 Å². The number of hydrogen-bond donors (Lipinski definition) is 0. The molecular weight excluding hydrogens is 310 g/mol. The summed E-state index contributed by atoms with van der Waals surface area (Å²) in [4.78, 5) is 15.9. The lowest BCUT2D eigenvalue weighted by molar-refractivity contribution is 0.0512. The quantitative estimate of drug-likeness (QED) is 0.815. The first kappa shape index (κ1) is 13.7. The molecule has 0 saturated carbocycles. The molecule has 6 heteroatoms. The zero-order chi connectivity index (χ0) is 14.0. The Balaban J connectivity index is 2.43. The largest absolute Gasteiger partial charge is 0.460 e. The topological polar surface area (TPSA) is 57.0 Å². The van der Waals surface area contributed by atoms with E-state index in [2.05, 4.69) is 26.0 Å². The number of aromatic nitrogens is 3. The second-order valence-electron chi connectivity index (χ2n) is 4.06. The third-order valence-corrected chi connectivity index (χ3v) is 3.14. The fraction of sp³-hybridized carbons (Fsp3) is 0.308. The van der Waals surface area contributed by atoms with Crippen molar-refractivity contribution in [3.8, 4) is 11.4 Å². The molecule has 0 aliphatic carbocycles. The number of rotatable bonds is 3. The molecule has 0 amide bonds. The minimum absolute atomic E-state index is 0.0849. The van der Waals surface area contributed by atoms with Crippen molar-refractivity contribution in [3.05, 3.63) is 34.1 Å². The number of carbonyl (C=O) groups is 1. The molecule has 0 atom stereocenters. The van der Waals surface area contributed by atoms with Crippen molar-refractivity contribution in [2.24, 2.45) is 7.05 Å². The second kappa shape index (κ2) is 5.52. The Morgan fingerprint density at radius 2 is 2.21 bits per heavy atom. The SMILES string of the molecule is CCOC(=O)c1nc(-c2ccc(Br)cc2C)n(C)n1. The molecule has 100 valence electrons. The number of aryl methyl sites for hydroxylation is 2. The number of hydrogen-bond acceptors (Lipinski definition) is 4. The summed E-state index contributed by atoms with van der Waals surface area (Å²) in [5, 5.41) is 4.09. The fourth-order valence-electron chi connectivity index (χ4n) is 1.78. The van der Waals surface area contributed by atoms with E-state index in [-0.39, 0.29) is 5.82 Å². The highest BCUT2D eigenvalue weighted by atomic mass is 79.9.